The Labute approximate surface area is 136 Å². The van der Waals surface area contributed by atoms with Gasteiger partial charge < -0.3 is 4.74 Å². The van der Waals surface area contributed by atoms with Crippen molar-refractivity contribution in [2.45, 2.75) is 39.2 Å². The van der Waals surface area contributed by atoms with Gasteiger partial charge >= 0.3 is 0 Å². The smallest absolute Gasteiger partial charge is 0.154 e. The number of aryl methyl sites for hydroxylation is 2. The maximum absolute atomic E-state index is 6.14. The van der Waals surface area contributed by atoms with E-state index in [2.05, 4.69) is 37.0 Å². The molecule has 0 saturated heterocycles. The van der Waals surface area contributed by atoms with Crippen molar-refractivity contribution in [1.29, 1.82) is 0 Å². The Kier molecular flexibility index (Phi) is 5.68. The number of nitrogens with zero attached hydrogens (tertiary/aromatic N) is 2. The van der Waals surface area contributed by atoms with Crippen LogP contribution in [-0.2, 0) is 24.0 Å². The van der Waals surface area contributed by atoms with Crippen molar-refractivity contribution in [3.63, 3.8) is 0 Å². The van der Waals surface area contributed by atoms with Gasteiger partial charge in [-0.3, -0.25) is 0 Å². The molecule has 0 aliphatic carbocycles. The number of hydrogen-bond acceptors (Lipinski definition) is 2. The number of ether oxygens (including phenoxy) is 1. The van der Waals surface area contributed by atoms with Crippen molar-refractivity contribution in [3.05, 3.63) is 52.1 Å². The van der Waals surface area contributed by atoms with Crippen LogP contribution in [0.2, 0.25) is 5.15 Å². The molecule has 3 nitrogen and oxygen atoms in total. The summed E-state index contributed by atoms with van der Waals surface area (Å²) >= 11 is 12.1. The summed E-state index contributed by atoms with van der Waals surface area (Å²) in [4.78, 5) is 4.27. The Morgan fingerprint density at radius 2 is 1.86 bits per heavy atom. The van der Waals surface area contributed by atoms with Gasteiger partial charge in [-0.05, 0) is 29.5 Å². The first-order chi connectivity index (χ1) is 10.1. The van der Waals surface area contributed by atoms with Crippen LogP contribution < -0.4 is 0 Å². The lowest BCUT2D eigenvalue weighted by Crippen LogP contribution is -2.12. The second kappa shape index (κ2) is 7.30. The van der Waals surface area contributed by atoms with Crippen molar-refractivity contribution >= 4 is 23.4 Å². The number of hydrogen-bond donors (Lipinski definition) is 0. The maximum atomic E-state index is 6.14. The second-order valence-corrected chi connectivity index (χ2v) is 5.64. The normalized spacial score (nSPS) is 12.6. The van der Waals surface area contributed by atoms with Gasteiger partial charge in [0, 0.05) is 25.3 Å². The van der Waals surface area contributed by atoms with Crippen LogP contribution in [0.25, 0.3) is 0 Å². The molecule has 5 heteroatoms. The molecule has 0 bridgehead atoms. The molecule has 0 fully saturated rings. The number of methoxy groups -OCH3 is 1. The molecule has 2 aromatic rings. The van der Waals surface area contributed by atoms with Gasteiger partial charge in [0.25, 0.3) is 0 Å². The summed E-state index contributed by atoms with van der Waals surface area (Å²) in [5.74, 6) is 0.636. The highest BCUT2D eigenvalue weighted by Gasteiger charge is 2.21. The third kappa shape index (κ3) is 3.42. The zero-order chi connectivity index (χ0) is 15.4. The van der Waals surface area contributed by atoms with Gasteiger partial charge in [-0.1, -0.05) is 43.6 Å². The van der Waals surface area contributed by atoms with Crippen LogP contribution in [0.3, 0.4) is 0 Å². The maximum Gasteiger partial charge on any atom is 0.154 e. The minimum absolute atomic E-state index is 0.215. The first-order valence-corrected chi connectivity index (χ1v) is 7.85. The molecule has 0 aliphatic rings. The fraction of sp³-hybridized carbons (Fsp3) is 0.438. The molecule has 0 spiro atoms. The summed E-state index contributed by atoms with van der Waals surface area (Å²) in [7, 11) is 1.67. The molecular weight excluding hydrogens is 307 g/mol. The molecule has 1 aromatic carbocycles. The minimum Gasteiger partial charge on any atom is -0.373 e. The van der Waals surface area contributed by atoms with E-state index in [-0.39, 0.29) is 6.10 Å². The highest BCUT2D eigenvalue weighted by atomic mass is 35.5. The SMILES string of the molecule is CCc1cccc(CC)c1CC(OC)c1ncc(Cl)n1Cl. The van der Waals surface area contributed by atoms with Gasteiger partial charge in [0.15, 0.2) is 5.82 Å². The number of aromatic nitrogens is 2. The van der Waals surface area contributed by atoms with Gasteiger partial charge in [-0.2, -0.15) is 0 Å². The van der Waals surface area contributed by atoms with E-state index in [4.69, 9.17) is 28.1 Å². The number of imidazole rings is 1. The van der Waals surface area contributed by atoms with E-state index < -0.39 is 0 Å². The van der Waals surface area contributed by atoms with E-state index in [0.29, 0.717) is 11.0 Å². The fourth-order valence-corrected chi connectivity index (χ4v) is 2.95. The highest BCUT2D eigenvalue weighted by Crippen LogP contribution is 2.28. The van der Waals surface area contributed by atoms with Crippen molar-refractivity contribution in [2.75, 3.05) is 7.11 Å². The van der Waals surface area contributed by atoms with Gasteiger partial charge in [0.2, 0.25) is 0 Å². The highest BCUT2D eigenvalue weighted by molar-refractivity contribution is 6.33. The predicted molar refractivity (Wildman–Crippen MR) is 87.1 cm³/mol. The molecule has 0 aliphatic heterocycles. The number of rotatable bonds is 6. The van der Waals surface area contributed by atoms with Crippen molar-refractivity contribution in [2.24, 2.45) is 0 Å². The van der Waals surface area contributed by atoms with Gasteiger partial charge in [-0.25, -0.2) is 9.07 Å². The van der Waals surface area contributed by atoms with Gasteiger partial charge in [0.1, 0.15) is 11.3 Å². The molecule has 1 heterocycles. The summed E-state index contributed by atoms with van der Waals surface area (Å²) in [5, 5.41) is 0.396. The molecular formula is C16H20Cl2N2O. The molecule has 0 amide bonds. The van der Waals surface area contributed by atoms with E-state index >= 15 is 0 Å². The third-order valence-corrected chi connectivity index (χ3v) is 4.49. The lowest BCUT2D eigenvalue weighted by Gasteiger charge is -2.19. The average Bonchev–Trinajstić information content (AvgIpc) is 2.84. The molecule has 0 saturated carbocycles. The van der Waals surface area contributed by atoms with Crippen LogP contribution in [0.5, 0.6) is 0 Å². The first-order valence-electron chi connectivity index (χ1n) is 7.14. The van der Waals surface area contributed by atoms with Gasteiger partial charge in [-0.15, -0.1) is 0 Å². The Bertz CT molecular complexity index is 588. The van der Waals surface area contributed by atoms with E-state index in [1.807, 2.05) is 0 Å². The number of halogens is 2. The Hall–Kier alpha value is -1.03. The fourth-order valence-electron chi connectivity index (χ4n) is 2.62. The quantitative estimate of drug-likeness (QED) is 0.776. The Balaban J connectivity index is 2.37. The topological polar surface area (TPSA) is 27.1 Å². The molecule has 21 heavy (non-hydrogen) atoms. The van der Waals surface area contributed by atoms with Crippen molar-refractivity contribution in [3.8, 4) is 0 Å². The van der Waals surface area contributed by atoms with E-state index in [1.165, 1.54) is 20.8 Å². The summed E-state index contributed by atoms with van der Waals surface area (Å²) < 4.78 is 6.96. The minimum atomic E-state index is -0.215. The molecule has 114 valence electrons. The molecule has 1 unspecified atom stereocenters. The summed E-state index contributed by atoms with van der Waals surface area (Å²) in [6.07, 6.45) is 4.06. The summed E-state index contributed by atoms with van der Waals surface area (Å²) in [6.45, 7) is 4.33. The van der Waals surface area contributed by atoms with Crippen LogP contribution >= 0.6 is 23.4 Å². The monoisotopic (exact) mass is 326 g/mol. The van der Waals surface area contributed by atoms with Crippen molar-refractivity contribution < 1.29 is 4.74 Å². The van der Waals surface area contributed by atoms with Crippen molar-refractivity contribution in [1.82, 2.24) is 9.07 Å². The van der Waals surface area contributed by atoms with E-state index in [1.54, 1.807) is 13.3 Å². The third-order valence-electron chi connectivity index (χ3n) is 3.79. The molecule has 0 radical (unpaired) electrons. The Morgan fingerprint density at radius 3 is 2.29 bits per heavy atom. The van der Waals surface area contributed by atoms with E-state index in [0.717, 1.165) is 19.3 Å². The van der Waals surface area contributed by atoms with Crippen LogP contribution in [0.15, 0.2) is 24.4 Å². The van der Waals surface area contributed by atoms with Crippen LogP contribution in [0.4, 0.5) is 0 Å². The number of benzene rings is 1. The van der Waals surface area contributed by atoms with E-state index in [9.17, 15) is 0 Å². The largest absolute Gasteiger partial charge is 0.373 e. The van der Waals surface area contributed by atoms with Crippen LogP contribution in [-0.4, -0.2) is 16.2 Å². The Morgan fingerprint density at radius 1 is 1.24 bits per heavy atom. The predicted octanol–water partition coefficient (Wildman–Crippen LogP) is 4.59. The lowest BCUT2D eigenvalue weighted by molar-refractivity contribution is 0.0955. The zero-order valence-corrected chi connectivity index (χ0v) is 14.1. The molecule has 1 aromatic heterocycles. The molecule has 1 atom stereocenters. The first kappa shape index (κ1) is 16.3. The zero-order valence-electron chi connectivity index (χ0n) is 12.6. The second-order valence-electron chi connectivity index (χ2n) is 4.91. The van der Waals surface area contributed by atoms with Gasteiger partial charge in [0.05, 0.1) is 6.20 Å². The molecule has 2 rings (SSSR count). The van der Waals surface area contributed by atoms with Crippen LogP contribution in [0.1, 0.15) is 42.5 Å². The lowest BCUT2D eigenvalue weighted by atomic mass is 9.93. The molecule has 0 N–H and O–H groups in total. The average molecular weight is 327 g/mol. The summed E-state index contributed by atoms with van der Waals surface area (Å²) in [5.41, 5.74) is 4.01. The summed E-state index contributed by atoms with van der Waals surface area (Å²) in [6, 6.07) is 6.45. The standard InChI is InChI=1S/C16H20Cl2N2O/c1-4-11-7-6-8-12(5-2)13(11)9-14(21-3)16-19-10-15(17)20(16)18/h6-8,10,14H,4-5,9H2,1-3H3. The van der Waals surface area contributed by atoms with Crippen LogP contribution in [0, 0.1) is 0 Å².